The molecule has 1 aromatic carbocycles. The predicted octanol–water partition coefficient (Wildman–Crippen LogP) is 5.20. The maximum atomic E-state index is 12.2. The number of piperidine rings is 1. The van der Waals surface area contributed by atoms with E-state index in [1.165, 1.54) is 0 Å². The molecule has 1 aromatic rings. The first-order valence-electron chi connectivity index (χ1n) is 8.32. The number of carbonyl (C=O) groups excluding carboxylic acids is 1. The van der Waals surface area contributed by atoms with Gasteiger partial charge >= 0.3 is 6.09 Å². The fourth-order valence-corrected chi connectivity index (χ4v) is 4.23. The Morgan fingerprint density at radius 1 is 1.29 bits per heavy atom. The van der Waals surface area contributed by atoms with E-state index in [9.17, 15) is 4.79 Å². The lowest BCUT2D eigenvalue weighted by molar-refractivity contribution is -0.0272. The van der Waals surface area contributed by atoms with Crippen molar-refractivity contribution < 1.29 is 14.3 Å². The number of ether oxygens (including phenoxy) is 2. The van der Waals surface area contributed by atoms with Gasteiger partial charge in [-0.05, 0) is 51.3 Å². The number of hydrogen-bond donors (Lipinski definition) is 0. The summed E-state index contributed by atoms with van der Waals surface area (Å²) in [6, 6.07) is 3.94. The summed E-state index contributed by atoms with van der Waals surface area (Å²) in [5.41, 5.74) is 0.464. The van der Waals surface area contributed by atoms with E-state index in [4.69, 9.17) is 21.1 Å². The van der Waals surface area contributed by atoms with Crippen LogP contribution in [-0.4, -0.2) is 35.3 Å². The zero-order valence-electron chi connectivity index (χ0n) is 14.3. The number of benzene rings is 1. The van der Waals surface area contributed by atoms with Crippen LogP contribution < -0.4 is 4.74 Å². The van der Waals surface area contributed by atoms with E-state index in [1.807, 2.05) is 26.8 Å². The Labute approximate surface area is 156 Å². The first kappa shape index (κ1) is 17.9. The van der Waals surface area contributed by atoms with E-state index in [0.717, 1.165) is 41.5 Å². The normalized spacial score (nSPS) is 19.6. The summed E-state index contributed by atoms with van der Waals surface area (Å²) in [5, 5.41) is 0.646. The Morgan fingerprint density at radius 3 is 2.58 bits per heavy atom. The fraction of sp³-hybridized carbons (Fsp3) is 0.611. The van der Waals surface area contributed by atoms with Crippen LogP contribution in [0.4, 0.5) is 4.79 Å². The van der Waals surface area contributed by atoms with Crippen molar-refractivity contribution in [3.8, 4) is 5.75 Å². The molecule has 4 nitrogen and oxygen atoms in total. The lowest BCUT2D eigenvalue weighted by atomic mass is 9.83. The number of halogens is 2. The number of amides is 1. The summed E-state index contributed by atoms with van der Waals surface area (Å²) in [6.45, 7) is 6.96. The molecule has 6 heteroatoms. The molecule has 0 unspecified atom stereocenters. The van der Waals surface area contributed by atoms with Gasteiger partial charge in [-0.3, -0.25) is 0 Å². The van der Waals surface area contributed by atoms with Crippen LogP contribution in [0.25, 0.3) is 0 Å². The second kappa shape index (κ2) is 6.41. The summed E-state index contributed by atoms with van der Waals surface area (Å²) in [6.07, 6.45) is 3.27. The molecule has 2 aliphatic rings. The molecule has 0 bridgehead atoms. The van der Waals surface area contributed by atoms with E-state index in [0.29, 0.717) is 18.1 Å². The largest absolute Gasteiger partial charge is 0.485 e. The topological polar surface area (TPSA) is 38.8 Å². The van der Waals surface area contributed by atoms with Gasteiger partial charge in [0.15, 0.2) is 0 Å². The van der Waals surface area contributed by atoms with Gasteiger partial charge < -0.3 is 14.4 Å². The first-order chi connectivity index (χ1) is 11.2. The summed E-state index contributed by atoms with van der Waals surface area (Å²) in [5.74, 6) is 0.803. The van der Waals surface area contributed by atoms with Gasteiger partial charge in [0.1, 0.15) is 17.0 Å². The number of hydrogen-bond acceptors (Lipinski definition) is 3. The van der Waals surface area contributed by atoms with Crippen LogP contribution in [0, 0.1) is 0 Å². The minimum Gasteiger partial charge on any atom is -0.485 e. The van der Waals surface area contributed by atoms with Crippen molar-refractivity contribution in [2.45, 2.75) is 57.7 Å². The molecular formula is C18H23BrClNO3. The van der Waals surface area contributed by atoms with Crippen LogP contribution in [-0.2, 0) is 11.2 Å². The minimum atomic E-state index is -0.465. The Morgan fingerprint density at radius 2 is 1.96 bits per heavy atom. The van der Waals surface area contributed by atoms with E-state index >= 15 is 0 Å². The van der Waals surface area contributed by atoms with Gasteiger partial charge in [-0.2, -0.15) is 0 Å². The van der Waals surface area contributed by atoms with Gasteiger partial charge in [0.05, 0.1) is 5.02 Å². The van der Waals surface area contributed by atoms with Crippen molar-refractivity contribution in [2.75, 3.05) is 13.1 Å². The summed E-state index contributed by atoms with van der Waals surface area (Å²) < 4.78 is 12.8. The SMILES string of the molecule is CC(C)(C)OC(=O)N1CCC2(CCc3cc(Br)cc(Cl)c3O2)CC1. The van der Waals surface area contributed by atoms with Gasteiger partial charge in [0.2, 0.25) is 0 Å². The van der Waals surface area contributed by atoms with Gasteiger partial charge in [0.25, 0.3) is 0 Å². The highest BCUT2D eigenvalue weighted by Crippen LogP contribution is 2.44. The van der Waals surface area contributed by atoms with E-state index in [2.05, 4.69) is 22.0 Å². The van der Waals surface area contributed by atoms with E-state index < -0.39 is 5.60 Å². The van der Waals surface area contributed by atoms with Crippen LogP contribution in [0.1, 0.15) is 45.6 Å². The number of nitrogens with zero attached hydrogens (tertiary/aromatic N) is 1. The standard InChI is InChI=1S/C18H23BrClNO3/c1-17(2,3)24-16(22)21-8-6-18(7-9-21)5-4-12-10-13(19)11-14(20)15(12)23-18/h10-11H,4-9H2,1-3H3. The third-order valence-electron chi connectivity index (χ3n) is 4.58. The Hall–Kier alpha value is -0.940. The van der Waals surface area contributed by atoms with Gasteiger partial charge in [0, 0.05) is 30.4 Å². The average molecular weight is 417 g/mol. The molecule has 0 aliphatic carbocycles. The highest BCUT2D eigenvalue weighted by molar-refractivity contribution is 9.10. The van der Waals surface area contributed by atoms with E-state index in [-0.39, 0.29) is 11.7 Å². The number of carbonyl (C=O) groups is 1. The van der Waals surface area contributed by atoms with Crippen molar-refractivity contribution in [2.24, 2.45) is 0 Å². The molecular weight excluding hydrogens is 394 g/mol. The van der Waals surface area contributed by atoms with Crippen molar-refractivity contribution in [3.05, 3.63) is 27.2 Å². The molecule has 0 atom stereocenters. The lowest BCUT2D eigenvalue weighted by Gasteiger charge is -2.44. The zero-order valence-corrected chi connectivity index (χ0v) is 16.7. The van der Waals surface area contributed by atoms with Gasteiger partial charge in [-0.15, -0.1) is 0 Å². The predicted molar refractivity (Wildman–Crippen MR) is 97.9 cm³/mol. The molecule has 2 heterocycles. The zero-order chi connectivity index (χ0) is 17.5. The number of fused-ring (bicyclic) bond motifs is 1. The summed E-state index contributed by atoms with van der Waals surface area (Å²) in [4.78, 5) is 14.0. The molecule has 0 saturated carbocycles. The molecule has 1 fully saturated rings. The minimum absolute atomic E-state index is 0.219. The highest BCUT2D eigenvalue weighted by atomic mass is 79.9. The maximum Gasteiger partial charge on any atom is 0.410 e. The number of rotatable bonds is 0. The lowest BCUT2D eigenvalue weighted by Crippen LogP contribution is -2.52. The summed E-state index contributed by atoms with van der Waals surface area (Å²) >= 11 is 9.84. The van der Waals surface area contributed by atoms with Crippen LogP contribution in [0.2, 0.25) is 5.02 Å². The van der Waals surface area contributed by atoms with Gasteiger partial charge in [-0.1, -0.05) is 27.5 Å². The Bertz CT molecular complexity index is 648. The third-order valence-corrected chi connectivity index (χ3v) is 5.32. The molecule has 2 aliphatic heterocycles. The molecule has 1 amide bonds. The van der Waals surface area contributed by atoms with Crippen LogP contribution in [0.15, 0.2) is 16.6 Å². The van der Waals surface area contributed by atoms with Crippen molar-refractivity contribution in [3.63, 3.8) is 0 Å². The molecule has 0 radical (unpaired) electrons. The van der Waals surface area contributed by atoms with Gasteiger partial charge in [-0.25, -0.2) is 4.79 Å². The number of likely N-dealkylation sites (tertiary alicyclic amines) is 1. The molecule has 1 saturated heterocycles. The average Bonchev–Trinajstić information content (AvgIpc) is 2.47. The maximum absolute atomic E-state index is 12.2. The third kappa shape index (κ3) is 3.83. The summed E-state index contributed by atoms with van der Waals surface area (Å²) in [7, 11) is 0. The smallest absolute Gasteiger partial charge is 0.410 e. The van der Waals surface area contributed by atoms with Crippen LogP contribution >= 0.6 is 27.5 Å². The number of aryl methyl sites for hydroxylation is 1. The second-order valence-electron chi connectivity index (χ2n) is 7.63. The fourth-order valence-electron chi connectivity index (χ4n) is 3.32. The first-order valence-corrected chi connectivity index (χ1v) is 9.49. The molecule has 0 N–H and O–H groups in total. The van der Waals surface area contributed by atoms with Crippen molar-refractivity contribution >= 4 is 33.6 Å². The quantitative estimate of drug-likeness (QED) is 0.583. The van der Waals surface area contributed by atoms with Crippen LogP contribution in [0.3, 0.4) is 0 Å². The second-order valence-corrected chi connectivity index (χ2v) is 8.95. The molecule has 1 spiro atoms. The monoisotopic (exact) mass is 415 g/mol. The Balaban J connectivity index is 1.67. The molecule has 132 valence electrons. The van der Waals surface area contributed by atoms with Crippen molar-refractivity contribution in [1.29, 1.82) is 0 Å². The highest BCUT2D eigenvalue weighted by Gasteiger charge is 2.41. The van der Waals surface area contributed by atoms with E-state index in [1.54, 1.807) is 4.90 Å². The van der Waals surface area contributed by atoms with Crippen LogP contribution in [0.5, 0.6) is 5.75 Å². The molecule has 3 rings (SSSR count). The Kier molecular flexibility index (Phi) is 4.77. The molecule has 0 aromatic heterocycles. The van der Waals surface area contributed by atoms with Crippen molar-refractivity contribution in [1.82, 2.24) is 4.90 Å². The molecule has 24 heavy (non-hydrogen) atoms.